The molecule has 0 fully saturated rings. The molecule has 0 unspecified atom stereocenters. The minimum Gasteiger partial charge on any atom is -0.326 e. The summed E-state index contributed by atoms with van der Waals surface area (Å²) in [6, 6.07) is 0. The van der Waals surface area contributed by atoms with Crippen LogP contribution in [0.2, 0.25) is 0 Å². The van der Waals surface area contributed by atoms with Crippen molar-refractivity contribution in [3.05, 3.63) is 23.8 Å². The Balaban J connectivity index is 2.74. The van der Waals surface area contributed by atoms with Crippen LogP contribution in [0.3, 0.4) is 0 Å². The van der Waals surface area contributed by atoms with Gasteiger partial charge in [-0.25, -0.2) is 0 Å². The lowest BCUT2D eigenvalue weighted by Gasteiger charge is -2.02. The van der Waals surface area contributed by atoms with Gasteiger partial charge in [-0.15, -0.1) is 0 Å². The van der Waals surface area contributed by atoms with E-state index < -0.39 is 0 Å². The average molecular weight is 123 g/mol. The summed E-state index contributed by atoms with van der Waals surface area (Å²) < 4.78 is 0. The number of carbonyl (C=O) groups excluding carboxylic acids is 1. The van der Waals surface area contributed by atoms with E-state index in [1.165, 1.54) is 0 Å². The number of hydrogen-bond donors (Lipinski definition) is 1. The fourth-order valence-corrected chi connectivity index (χ4v) is 0.765. The third kappa shape index (κ3) is 1.27. The third-order valence-electron chi connectivity index (χ3n) is 1.31. The number of ketones is 1. The highest BCUT2D eigenvalue weighted by atomic mass is 16.1. The molecule has 1 aliphatic rings. The Labute approximate surface area is 54.0 Å². The summed E-state index contributed by atoms with van der Waals surface area (Å²) in [5.41, 5.74) is 6.00. The maximum atomic E-state index is 10.8. The Kier molecular flexibility index (Phi) is 1.80. The van der Waals surface area contributed by atoms with Crippen LogP contribution in [0, 0.1) is 0 Å². The van der Waals surface area contributed by atoms with Crippen LogP contribution in [-0.2, 0) is 4.79 Å². The van der Waals surface area contributed by atoms with Gasteiger partial charge in [-0.3, -0.25) is 4.79 Å². The molecule has 2 heteroatoms. The minimum atomic E-state index is 0.153. The third-order valence-corrected chi connectivity index (χ3v) is 1.31. The van der Waals surface area contributed by atoms with E-state index in [9.17, 15) is 4.79 Å². The number of allylic oxidation sites excluding steroid dienone is 3. The molecule has 0 saturated heterocycles. The largest absolute Gasteiger partial charge is 0.326 e. The van der Waals surface area contributed by atoms with Crippen LogP contribution >= 0.6 is 0 Å². The fourth-order valence-electron chi connectivity index (χ4n) is 0.765. The van der Waals surface area contributed by atoms with Gasteiger partial charge in [0.15, 0.2) is 5.78 Å². The average Bonchev–Trinajstić information content (AvgIpc) is 1.89. The zero-order valence-corrected chi connectivity index (χ0v) is 5.13. The molecule has 1 rings (SSSR count). The Morgan fingerprint density at radius 3 is 2.89 bits per heavy atom. The van der Waals surface area contributed by atoms with Crippen molar-refractivity contribution in [3.63, 3.8) is 0 Å². The second kappa shape index (κ2) is 2.60. The Morgan fingerprint density at radius 1 is 1.67 bits per heavy atom. The lowest BCUT2D eigenvalue weighted by Crippen LogP contribution is -2.13. The van der Waals surface area contributed by atoms with Gasteiger partial charge in [0.25, 0.3) is 0 Å². The van der Waals surface area contributed by atoms with Crippen molar-refractivity contribution >= 4 is 5.78 Å². The van der Waals surface area contributed by atoms with Crippen molar-refractivity contribution in [1.29, 1.82) is 0 Å². The second-order valence-corrected chi connectivity index (χ2v) is 1.95. The summed E-state index contributed by atoms with van der Waals surface area (Å²) in [5.74, 6) is 0.153. The first-order valence-corrected chi connectivity index (χ1v) is 2.93. The van der Waals surface area contributed by atoms with E-state index in [2.05, 4.69) is 0 Å². The molecule has 0 spiro atoms. The molecule has 9 heavy (non-hydrogen) atoms. The Morgan fingerprint density at radius 2 is 2.44 bits per heavy atom. The number of Topliss-reactive ketones (excluding diaryl/α,β-unsaturated/α-hetero) is 1. The van der Waals surface area contributed by atoms with Crippen molar-refractivity contribution in [1.82, 2.24) is 0 Å². The molecule has 2 nitrogen and oxygen atoms in total. The molecule has 0 radical (unpaired) electrons. The Hall–Kier alpha value is -0.890. The maximum absolute atomic E-state index is 10.8. The molecule has 0 heterocycles. The van der Waals surface area contributed by atoms with E-state index in [0.717, 1.165) is 5.57 Å². The summed E-state index contributed by atoms with van der Waals surface area (Å²) in [5, 5.41) is 0. The number of rotatable bonds is 1. The number of carbonyl (C=O) groups is 1. The van der Waals surface area contributed by atoms with Gasteiger partial charge in [0.1, 0.15) is 0 Å². The molecule has 0 aromatic rings. The smallest absolute Gasteiger partial charge is 0.163 e. The summed E-state index contributed by atoms with van der Waals surface area (Å²) in [6.45, 7) is 0.364. The van der Waals surface area contributed by atoms with Crippen LogP contribution in [0.4, 0.5) is 0 Å². The van der Waals surface area contributed by atoms with Crippen LogP contribution in [-0.4, -0.2) is 12.3 Å². The molecule has 0 atom stereocenters. The summed E-state index contributed by atoms with van der Waals surface area (Å²) in [7, 11) is 0. The first kappa shape index (κ1) is 6.23. The van der Waals surface area contributed by atoms with Crippen molar-refractivity contribution in [3.8, 4) is 0 Å². The number of hydrogen-bond acceptors (Lipinski definition) is 2. The van der Waals surface area contributed by atoms with E-state index in [0.29, 0.717) is 13.0 Å². The summed E-state index contributed by atoms with van der Waals surface area (Å²) in [4.78, 5) is 10.8. The van der Waals surface area contributed by atoms with E-state index in [1.807, 2.05) is 12.2 Å². The van der Waals surface area contributed by atoms with Crippen molar-refractivity contribution in [2.75, 3.05) is 6.54 Å². The maximum Gasteiger partial charge on any atom is 0.163 e. The van der Waals surface area contributed by atoms with E-state index in [-0.39, 0.29) is 5.78 Å². The lowest BCUT2D eigenvalue weighted by atomic mass is 10.0. The van der Waals surface area contributed by atoms with Crippen molar-refractivity contribution in [2.45, 2.75) is 6.42 Å². The topological polar surface area (TPSA) is 43.1 Å². The monoisotopic (exact) mass is 123 g/mol. The molecule has 48 valence electrons. The van der Waals surface area contributed by atoms with Crippen LogP contribution in [0.15, 0.2) is 23.8 Å². The van der Waals surface area contributed by atoms with Gasteiger partial charge in [0, 0.05) is 18.5 Å². The van der Waals surface area contributed by atoms with Gasteiger partial charge in [0.05, 0.1) is 0 Å². The zero-order valence-electron chi connectivity index (χ0n) is 5.13. The molecular formula is C7H9NO. The predicted molar refractivity (Wildman–Crippen MR) is 35.9 cm³/mol. The second-order valence-electron chi connectivity index (χ2n) is 1.95. The Bertz CT molecular complexity index is 179. The van der Waals surface area contributed by atoms with E-state index in [4.69, 9.17) is 5.73 Å². The highest BCUT2D eigenvalue weighted by molar-refractivity contribution is 5.97. The van der Waals surface area contributed by atoms with Crippen molar-refractivity contribution in [2.24, 2.45) is 5.73 Å². The van der Waals surface area contributed by atoms with Crippen LogP contribution in [0.25, 0.3) is 0 Å². The lowest BCUT2D eigenvalue weighted by molar-refractivity contribution is -0.114. The van der Waals surface area contributed by atoms with Gasteiger partial charge in [-0.1, -0.05) is 18.2 Å². The first-order chi connectivity index (χ1) is 4.34. The fraction of sp³-hybridized carbons (Fsp3) is 0.286. The minimum absolute atomic E-state index is 0.153. The van der Waals surface area contributed by atoms with Crippen LogP contribution in [0.1, 0.15) is 6.42 Å². The quantitative estimate of drug-likeness (QED) is 0.548. The molecule has 2 N–H and O–H groups in total. The molecule has 0 saturated carbocycles. The molecule has 0 aliphatic heterocycles. The van der Waals surface area contributed by atoms with Gasteiger partial charge < -0.3 is 5.73 Å². The van der Waals surface area contributed by atoms with Gasteiger partial charge in [0.2, 0.25) is 0 Å². The van der Waals surface area contributed by atoms with E-state index >= 15 is 0 Å². The van der Waals surface area contributed by atoms with E-state index in [1.54, 1.807) is 6.08 Å². The van der Waals surface area contributed by atoms with Crippen LogP contribution < -0.4 is 5.73 Å². The molecule has 1 aliphatic carbocycles. The first-order valence-electron chi connectivity index (χ1n) is 2.93. The van der Waals surface area contributed by atoms with Crippen molar-refractivity contribution < 1.29 is 4.79 Å². The summed E-state index contributed by atoms with van der Waals surface area (Å²) in [6.07, 6.45) is 5.99. The zero-order chi connectivity index (χ0) is 6.69. The molecular weight excluding hydrogens is 114 g/mol. The normalized spacial score (nSPS) is 17.9. The molecule has 0 bridgehead atoms. The number of nitrogens with two attached hydrogens (primary N) is 1. The summed E-state index contributed by atoms with van der Waals surface area (Å²) >= 11 is 0. The van der Waals surface area contributed by atoms with Gasteiger partial charge in [-0.05, 0) is 0 Å². The highest BCUT2D eigenvalue weighted by Crippen LogP contribution is 2.04. The molecule has 0 aromatic carbocycles. The van der Waals surface area contributed by atoms with Gasteiger partial charge in [-0.2, -0.15) is 0 Å². The van der Waals surface area contributed by atoms with Gasteiger partial charge >= 0.3 is 0 Å². The standard InChI is InChI=1S/C7H9NO/c8-5-6-3-1-2-4-7(6)9/h1-3H,4-5,8H2. The molecule has 0 aromatic heterocycles. The SMILES string of the molecule is NCC1=CC=CCC1=O. The molecule has 0 amide bonds. The predicted octanol–water partition coefficient (Wildman–Crippen LogP) is 0.401. The highest BCUT2D eigenvalue weighted by Gasteiger charge is 2.06. The van der Waals surface area contributed by atoms with Crippen LogP contribution in [0.5, 0.6) is 0 Å².